The van der Waals surface area contributed by atoms with Crippen molar-refractivity contribution in [2.24, 2.45) is 5.11 Å². The van der Waals surface area contributed by atoms with Crippen molar-refractivity contribution >= 4 is 29.5 Å². The molecular formula is C48H92N4O8S. The summed E-state index contributed by atoms with van der Waals surface area (Å²) in [6, 6.07) is -0.340. The van der Waals surface area contributed by atoms with Crippen LogP contribution < -0.4 is 5.32 Å². The molecule has 0 spiro atoms. The van der Waals surface area contributed by atoms with E-state index in [1.807, 2.05) is 0 Å². The predicted octanol–water partition coefficient (Wildman–Crippen LogP) is 12.4. The Morgan fingerprint density at radius 2 is 0.967 bits per heavy atom. The normalized spacial score (nSPS) is 12.2. The van der Waals surface area contributed by atoms with Crippen molar-refractivity contribution in [2.75, 3.05) is 71.3 Å². The van der Waals surface area contributed by atoms with Gasteiger partial charge in [-0.05, 0) is 31.8 Å². The number of carbonyl (C=O) groups is 3. The van der Waals surface area contributed by atoms with Crippen LogP contribution in [0.4, 0.5) is 0 Å². The molecule has 0 bridgehead atoms. The van der Waals surface area contributed by atoms with E-state index in [1.165, 1.54) is 140 Å². The van der Waals surface area contributed by atoms with Gasteiger partial charge in [-0.15, -0.1) is 0 Å². The minimum absolute atomic E-state index is 0.0400. The zero-order valence-corrected chi connectivity index (χ0v) is 40.3. The van der Waals surface area contributed by atoms with Gasteiger partial charge in [0.05, 0.1) is 39.1 Å². The van der Waals surface area contributed by atoms with E-state index in [9.17, 15) is 14.4 Å². The summed E-state index contributed by atoms with van der Waals surface area (Å²) in [6.45, 7) is 7.41. The van der Waals surface area contributed by atoms with Gasteiger partial charge in [0.1, 0.15) is 12.7 Å². The number of esters is 2. The van der Waals surface area contributed by atoms with Crippen LogP contribution >= 0.6 is 11.8 Å². The molecule has 0 saturated heterocycles. The third kappa shape index (κ3) is 44.5. The fourth-order valence-electron chi connectivity index (χ4n) is 7.06. The highest BCUT2D eigenvalue weighted by molar-refractivity contribution is 7.99. The molecule has 0 aromatic rings. The Morgan fingerprint density at radius 3 is 1.43 bits per heavy atom. The van der Waals surface area contributed by atoms with E-state index in [1.54, 1.807) is 7.05 Å². The molecule has 13 heteroatoms. The van der Waals surface area contributed by atoms with Crippen LogP contribution in [0.15, 0.2) is 5.11 Å². The molecule has 0 aliphatic heterocycles. The van der Waals surface area contributed by atoms with E-state index in [2.05, 4.69) is 29.2 Å². The van der Waals surface area contributed by atoms with E-state index in [0.29, 0.717) is 83.4 Å². The summed E-state index contributed by atoms with van der Waals surface area (Å²) < 4.78 is 27.9. The van der Waals surface area contributed by atoms with Crippen molar-refractivity contribution in [1.82, 2.24) is 5.32 Å². The Hall–Kier alpha value is -1.89. The lowest BCUT2D eigenvalue weighted by atomic mass is 10.0. The number of nitrogens with zero attached hydrogens (tertiary/aromatic N) is 3. The van der Waals surface area contributed by atoms with Crippen LogP contribution in [0.2, 0.25) is 0 Å². The number of likely N-dealkylation sites (N-methyl/N-ethyl adjacent to an activating group) is 1. The van der Waals surface area contributed by atoms with Crippen LogP contribution in [0.5, 0.6) is 0 Å². The zero-order valence-electron chi connectivity index (χ0n) is 39.5. The second kappa shape index (κ2) is 49.1. The second-order valence-corrected chi connectivity index (χ2v) is 17.6. The maximum atomic E-state index is 13.0. The van der Waals surface area contributed by atoms with E-state index in [0.717, 1.165) is 38.5 Å². The maximum Gasteiger partial charge on any atom is 0.306 e. The third-order valence-electron chi connectivity index (χ3n) is 10.9. The molecule has 358 valence electrons. The van der Waals surface area contributed by atoms with Crippen LogP contribution in [0.1, 0.15) is 206 Å². The molecule has 0 heterocycles. The number of hydrogen-bond donors (Lipinski definition) is 1. The summed E-state index contributed by atoms with van der Waals surface area (Å²) in [5, 5.41) is 6.53. The van der Waals surface area contributed by atoms with Gasteiger partial charge in [-0.2, -0.15) is 11.8 Å². The lowest BCUT2D eigenvalue weighted by molar-refractivity contribution is -0.157. The monoisotopic (exact) mass is 885 g/mol. The molecule has 61 heavy (non-hydrogen) atoms. The quantitative estimate of drug-likeness (QED) is 0.0205. The molecule has 0 amide bonds. The molecule has 2 atom stereocenters. The summed E-state index contributed by atoms with van der Waals surface area (Å²) in [5.41, 5.74) is 8.25. The van der Waals surface area contributed by atoms with Crippen LogP contribution in [-0.2, 0) is 38.1 Å². The fourth-order valence-corrected chi connectivity index (χ4v) is 8.21. The summed E-state index contributed by atoms with van der Waals surface area (Å²) in [5.74, 6) is 0.588. The number of ether oxygens (including phenoxy) is 5. The first-order valence-corrected chi connectivity index (χ1v) is 26.0. The first kappa shape index (κ1) is 59.1. The van der Waals surface area contributed by atoms with Crippen molar-refractivity contribution in [3.05, 3.63) is 10.4 Å². The van der Waals surface area contributed by atoms with E-state index >= 15 is 0 Å². The summed E-state index contributed by atoms with van der Waals surface area (Å²) in [7, 11) is 1.78. The highest BCUT2D eigenvalue weighted by Gasteiger charge is 2.21. The average molecular weight is 885 g/mol. The van der Waals surface area contributed by atoms with E-state index in [-0.39, 0.29) is 30.4 Å². The largest absolute Gasteiger partial charge is 0.462 e. The molecule has 0 radical (unpaired) electrons. The molecule has 0 aliphatic carbocycles. The Labute approximate surface area is 377 Å². The Balaban J connectivity index is 4.51. The molecule has 12 nitrogen and oxygen atoms in total. The summed E-state index contributed by atoms with van der Waals surface area (Å²) >= 11 is 1.53. The van der Waals surface area contributed by atoms with Crippen LogP contribution in [0.3, 0.4) is 0 Å². The number of ketones is 1. The molecule has 0 aliphatic rings. The van der Waals surface area contributed by atoms with Gasteiger partial charge in [0.15, 0.2) is 5.78 Å². The molecular weight excluding hydrogens is 793 g/mol. The molecule has 0 fully saturated rings. The van der Waals surface area contributed by atoms with Gasteiger partial charge < -0.3 is 29.0 Å². The fraction of sp³-hybridized carbons (Fsp3) is 0.938. The Bertz CT molecular complexity index is 1040. The standard InChI is InChI=1S/C48H92N4O8S/c1-4-6-8-10-12-14-16-18-20-22-24-26-28-32-47(54)59-41-44(60-48(55)33-29-27-25-23-21-19-17-15-13-11-9-7-5-2)42-61-43-45(50-3)46(53)31-30-35-56-37-39-58-40-38-57-36-34-51-52-49/h44-45,50H,4-43H2,1-3H3. The number of thioether (sulfide) groups is 1. The Kier molecular flexibility index (Phi) is 47.6. The molecule has 2 unspecified atom stereocenters. The molecule has 0 rings (SSSR count). The van der Waals surface area contributed by atoms with Crippen molar-refractivity contribution in [1.29, 1.82) is 0 Å². The number of Topliss-reactive ketones (excluding diaryl/α,β-unsaturated/α-hetero) is 1. The third-order valence-corrected chi connectivity index (χ3v) is 12.1. The van der Waals surface area contributed by atoms with Gasteiger partial charge in [0.25, 0.3) is 0 Å². The SMILES string of the molecule is CCCCCCCCCCCCCCCC(=O)OCC(CSCC(NC)C(=O)CCCOCCOCCOCCN=[N+]=[N-])OC(=O)CCCCCCCCCCCCCCC. The molecule has 0 aromatic carbocycles. The number of carbonyl (C=O) groups excluding carboxylic acids is 3. The number of hydrogen-bond acceptors (Lipinski definition) is 11. The minimum atomic E-state index is -0.553. The average Bonchev–Trinajstić information content (AvgIpc) is 3.26. The smallest absolute Gasteiger partial charge is 0.306 e. The van der Waals surface area contributed by atoms with Crippen LogP contribution in [0.25, 0.3) is 10.4 Å². The first-order valence-electron chi connectivity index (χ1n) is 24.8. The minimum Gasteiger partial charge on any atom is -0.462 e. The highest BCUT2D eigenvalue weighted by atomic mass is 32.2. The highest BCUT2D eigenvalue weighted by Crippen LogP contribution is 2.17. The van der Waals surface area contributed by atoms with Gasteiger partial charge in [0, 0.05) is 48.8 Å². The number of rotatable bonds is 50. The van der Waals surface area contributed by atoms with Crippen LogP contribution in [-0.4, -0.2) is 101 Å². The van der Waals surface area contributed by atoms with E-state index < -0.39 is 6.10 Å². The van der Waals surface area contributed by atoms with Crippen LogP contribution in [0, 0.1) is 0 Å². The van der Waals surface area contributed by atoms with Gasteiger partial charge >= 0.3 is 11.9 Å². The van der Waals surface area contributed by atoms with Crippen molar-refractivity contribution in [3.63, 3.8) is 0 Å². The Morgan fingerprint density at radius 1 is 0.541 bits per heavy atom. The first-order chi connectivity index (χ1) is 30.0. The van der Waals surface area contributed by atoms with Gasteiger partial charge in [-0.3, -0.25) is 14.4 Å². The van der Waals surface area contributed by atoms with E-state index in [4.69, 9.17) is 29.2 Å². The lowest BCUT2D eigenvalue weighted by Gasteiger charge is -2.20. The topological polar surface area (TPSA) is 158 Å². The second-order valence-electron chi connectivity index (χ2n) is 16.5. The summed E-state index contributed by atoms with van der Waals surface area (Å²) in [4.78, 5) is 41.2. The van der Waals surface area contributed by atoms with Gasteiger partial charge in [-0.25, -0.2) is 0 Å². The van der Waals surface area contributed by atoms with Crippen molar-refractivity contribution < 1.29 is 38.1 Å². The zero-order chi connectivity index (χ0) is 44.5. The van der Waals surface area contributed by atoms with Crippen molar-refractivity contribution in [2.45, 2.75) is 219 Å². The number of azide groups is 1. The number of nitrogens with one attached hydrogen (secondary N) is 1. The number of unbranched alkanes of at least 4 members (excludes halogenated alkanes) is 24. The lowest BCUT2D eigenvalue weighted by Crippen LogP contribution is -2.37. The predicted molar refractivity (Wildman–Crippen MR) is 252 cm³/mol. The summed E-state index contributed by atoms with van der Waals surface area (Å²) in [6.07, 6.45) is 33.7. The molecule has 1 N–H and O–H groups in total. The maximum absolute atomic E-state index is 13.0. The molecule has 0 saturated carbocycles. The molecule has 0 aromatic heterocycles. The van der Waals surface area contributed by atoms with Gasteiger partial charge in [0.2, 0.25) is 0 Å². The van der Waals surface area contributed by atoms with Crippen molar-refractivity contribution in [3.8, 4) is 0 Å². The van der Waals surface area contributed by atoms with Gasteiger partial charge in [-0.1, -0.05) is 173 Å².